The molecule has 2 aromatic carbocycles. The average molecular weight is 368 g/mol. The van der Waals surface area contributed by atoms with Crippen molar-refractivity contribution >= 4 is 11.6 Å². The lowest BCUT2D eigenvalue weighted by atomic mass is 9.90. The number of hydrogen-bond acceptors (Lipinski definition) is 5. The number of fused-ring (bicyclic) bond motifs is 2. The van der Waals surface area contributed by atoms with Gasteiger partial charge in [0.05, 0.1) is 7.11 Å². The molecule has 4 rings (SSSR count). The highest BCUT2D eigenvalue weighted by molar-refractivity contribution is 5.98. The molecule has 6 heteroatoms. The Hall–Kier alpha value is -2.73. The second-order valence-corrected chi connectivity index (χ2v) is 7.11. The molecule has 0 bridgehead atoms. The molecule has 142 valence electrons. The van der Waals surface area contributed by atoms with E-state index in [1.807, 2.05) is 45.2 Å². The minimum atomic E-state index is -0.461. The summed E-state index contributed by atoms with van der Waals surface area (Å²) in [6.07, 6.45) is 0.825. The quantitative estimate of drug-likeness (QED) is 0.902. The first-order valence-corrected chi connectivity index (χ1v) is 9.08. The molecule has 0 aromatic heterocycles. The van der Waals surface area contributed by atoms with Crippen molar-refractivity contribution in [1.29, 1.82) is 0 Å². The number of rotatable bonds is 3. The van der Waals surface area contributed by atoms with E-state index in [4.69, 9.17) is 14.2 Å². The predicted octanol–water partition coefficient (Wildman–Crippen LogP) is 3.21. The van der Waals surface area contributed by atoms with Gasteiger partial charge in [0, 0.05) is 17.8 Å². The molecule has 1 atom stereocenters. The van der Waals surface area contributed by atoms with Gasteiger partial charge in [0.25, 0.3) is 0 Å². The summed E-state index contributed by atoms with van der Waals surface area (Å²) in [5.41, 5.74) is 4.87. The molecule has 0 aliphatic carbocycles. The lowest BCUT2D eigenvalue weighted by molar-refractivity contribution is -0.121. The van der Waals surface area contributed by atoms with Crippen LogP contribution in [0, 0.1) is 13.8 Å². The van der Waals surface area contributed by atoms with Crippen LogP contribution in [0.3, 0.4) is 0 Å². The number of para-hydroxylation sites is 1. The van der Waals surface area contributed by atoms with E-state index in [9.17, 15) is 4.79 Å². The highest BCUT2D eigenvalue weighted by Crippen LogP contribution is 2.49. The highest BCUT2D eigenvalue weighted by atomic mass is 16.7. The molecule has 0 saturated carbocycles. The maximum atomic E-state index is 13.3. The fourth-order valence-electron chi connectivity index (χ4n) is 3.97. The molecule has 2 aromatic rings. The van der Waals surface area contributed by atoms with Gasteiger partial charge in [-0.25, -0.2) is 0 Å². The zero-order chi connectivity index (χ0) is 19.1. The lowest BCUT2D eigenvalue weighted by Crippen LogP contribution is -2.40. The Morgan fingerprint density at radius 2 is 2.00 bits per heavy atom. The number of nitrogens with one attached hydrogen (secondary N) is 1. The molecule has 0 spiro atoms. The molecule has 2 aliphatic heterocycles. The van der Waals surface area contributed by atoms with Gasteiger partial charge in [-0.3, -0.25) is 9.69 Å². The second-order valence-electron chi connectivity index (χ2n) is 7.11. The van der Waals surface area contributed by atoms with Gasteiger partial charge in [-0.1, -0.05) is 18.2 Å². The Morgan fingerprint density at radius 1 is 1.26 bits per heavy atom. The maximum Gasteiger partial charge on any atom is 0.246 e. The molecule has 2 aliphatic rings. The van der Waals surface area contributed by atoms with Crippen LogP contribution >= 0.6 is 0 Å². The van der Waals surface area contributed by atoms with Gasteiger partial charge in [-0.15, -0.1) is 0 Å². The number of carbonyl (C=O) groups excluding carboxylic acids is 1. The molecule has 0 fully saturated rings. The second kappa shape index (κ2) is 6.78. The number of carbonyl (C=O) groups is 1. The first-order valence-electron chi connectivity index (χ1n) is 9.08. The van der Waals surface area contributed by atoms with Crippen LogP contribution in [0.25, 0.3) is 0 Å². The van der Waals surface area contributed by atoms with Crippen molar-refractivity contribution in [1.82, 2.24) is 4.90 Å². The van der Waals surface area contributed by atoms with Crippen molar-refractivity contribution in [2.24, 2.45) is 0 Å². The number of hydrogen-bond donors (Lipinski definition) is 1. The summed E-state index contributed by atoms with van der Waals surface area (Å²) in [7, 11) is 3.56. The Bertz CT molecular complexity index is 889. The van der Waals surface area contributed by atoms with E-state index < -0.39 is 6.04 Å². The summed E-state index contributed by atoms with van der Waals surface area (Å²) >= 11 is 0. The molecular weight excluding hydrogens is 344 g/mol. The van der Waals surface area contributed by atoms with Crippen molar-refractivity contribution in [3.05, 3.63) is 46.5 Å². The van der Waals surface area contributed by atoms with E-state index in [-0.39, 0.29) is 12.7 Å². The summed E-state index contributed by atoms with van der Waals surface area (Å²) in [6.45, 7) is 4.95. The Morgan fingerprint density at radius 3 is 2.70 bits per heavy atom. The Balaban J connectivity index is 1.77. The number of methoxy groups -OCH3 is 1. The van der Waals surface area contributed by atoms with E-state index in [2.05, 4.69) is 10.2 Å². The van der Waals surface area contributed by atoms with Crippen molar-refractivity contribution in [3.8, 4) is 17.2 Å². The SMILES string of the molecule is COc1c2c(cc3c1C(C(=O)Nc1c(C)cccc1C)N(C)CC3)OCO2. The van der Waals surface area contributed by atoms with Crippen molar-refractivity contribution in [2.45, 2.75) is 26.3 Å². The van der Waals surface area contributed by atoms with Crippen molar-refractivity contribution in [2.75, 3.05) is 32.8 Å². The van der Waals surface area contributed by atoms with Crippen LogP contribution in [0.2, 0.25) is 0 Å². The first kappa shape index (κ1) is 17.7. The van der Waals surface area contributed by atoms with Crippen LogP contribution in [0.4, 0.5) is 5.69 Å². The fourth-order valence-corrected chi connectivity index (χ4v) is 3.97. The van der Waals surface area contributed by atoms with Crippen LogP contribution < -0.4 is 19.5 Å². The van der Waals surface area contributed by atoms with Gasteiger partial charge in [-0.05, 0) is 50.1 Å². The standard InChI is InChI=1S/C21H24N2O4/c1-12-6-5-7-13(2)17(12)22-21(24)18-16-14(8-9-23(18)3)10-15-19(20(16)25-4)27-11-26-15/h5-7,10,18H,8-9,11H2,1-4H3,(H,22,24). The zero-order valence-corrected chi connectivity index (χ0v) is 16.1. The molecule has 27 heavy (non-hydrogen) atoms. The third-order valence-electron chi connectivity index (χ3n) is 5.37. The molecule has 0 saturated heterocycles. The summed E-state index contributed by atoms with van der Waals surface area (Å²) in [5.74, 6) is 1.78. The summed E-state index contributed by atoms with van der Waals surface area (Å²) in [5, 5.41) is 3.13. The first-order chi connectivity index (χ1) is 13.0. The monoisotopic (exact) mass is 368 g/mol. The summed E-state index contributed by atoms with van der Waals surface area (Å²) in [4.78, 5) is 15.4. The molecule has 1 unspecified atom stereocenters. The van der Waals surface area contributed by atoms with Crippen LogP contribution in [-0.4, -0.2) is 38.3 Å². The molecule has 0 radical (unpaired) electrons. The number of aryl methyl sites for hydroxylation is 2. The third-order valence-corrected chi connectivity index (χ3v) is 5.37. The van der Waals surface area contributed by atoms with Gasteiger partial charge >= 0.3 is 0 Å². The molecule has 1 amide bonds. The van der Waals surface area contributed by atoms with E-state index in [0.717, 1.165) is 40.9 Å². The molecule has 1 N–H and O–H groups in total. The number of ether oxygens (including phenoxy) is 3. The number of likely N-dealkylation sites (N-methyl/N-ethyl adjacent to an activating group) is 1. The third kappa shape index (κ3) is 2.90. The largest absolute Gasteiger partial charge is 0.492 e. The smallest absolute Gasteiger partial charge is 0.246 e. The van der Waals surface area contributed by atoms with Crippen molar-refractivity contribution < 1.29 is 19.0 Å². The Labute approximate surface area is 159 Å². The minimum absolute atomic E-state index is 0.0759. The van der Waals surface area contributed by atoms with Crippen LogP contribution in [0.5, 0.6) is 17.2 Å². The summed E-state index contributed by atoms with van der Waals surface area (Å²) in [6, 6.07) is 7.51. The van der Waals surface area contributed by atoms with Gasteiger partial charge in [0.2, 0.25) is 18.4 Å². The van der Waals surface area contributed by atoms with E-state index in [1.54, 1.807) is 7.11 Å². The lowest BCUT2D eigenvalue weighted by Gasteiger charge is -2.35. The van der Waals surface area contributed by atoms with Gasteiger partial charge < -0.3 is 19.5 Å². The summed E-state index contributed by atoms with van der Waals surface area (Å²) < 4.78 is 16.8. The minimum Gasteiger partial charge on any atom is -0.492 e. The fraction of sp³-hybridized carbons (Fsp3) is 0.381. The predicted molar refractivity (Wildman–Crippen MR) is 103 cm³/mol. The number of benzene rings is 2. The Kier molecular flexibility index (Phi) is 4.44. The van der Waals surface area contributed by atoms with Crippen LogP contribution in [0.15, 0.2) is 24.3 Å². The topological polar surface area (TPSA) is 60.0 Å². The average Bonchev–Trinajstić information content (AvgIpc) is 3.11. The van der Waals surface area contributed by atoms with E-state index in [1.165, 1.54) is 0 Å². The molecule has 6 nitrogen and oxygen atoms in total. The van der Waals surface area contributed by atoms with Crippen LogP contribution in [-0.2, 0) is 11.2 Å². The van der Waals surface area contributed by atoms with Gasteiger partial charge in [0.1, 0.15) is 6.04 Å². The number of anilines is 1. The normalized spacial score (nSPS) is 18.1. The molecule has 2 heterocycles. The zero-order valence-electron chi connectivity index (χ0n) is 16.1. The van der Waals surface area contributed by atoms with Crippen LogP contribution in [0.1, 0.15) is 28.3 Å². The molecular formula is C21H24N2O4. The van der Waals surface area contributed by atoms with Gasteiger partial charge in [0.15, 0.2) is 11.5 Å². The van der Waals surface area contributed by atoms with E-state index in [0.29, 0.717) is 17.2 Å². The number of amides is 1. The number of nitrogens with zero attached hydrogens (tertiary/aromatic N) is 1. The van der Waals surface area contributed by atoms with E-state index >= 15 is 0 Å². The van der Waals surface area contributed by atoms with Gasteiger partial charge in [-0.2, -0.15) is 0 Å². The highest BCUT2D eigenvalue weighted by Gasteiger charge is 2.37. The van der Waals surface area contributed by atoms with Crippen molar-refractivity contribution in [3.63, 3.8) is 0 Å². The maximum absolute atomic E-state index is 13.3.